The molecule has 1 unspecified atom stereocenters. The van der Waals surface area contributed by atoms with Crippen molar-refractivity contribution in [2.24, 2.45) is 7.05 Å². The van der Waals surface area contributed by atoms with E-state index >= 15 is 0 Å². The minimum atomic E-state index is -0.444. The Morgan fingerprint density at radius 2 is 2.12 bits per heavy atom. The summed E-state index contributed by atoms with van der Waals surface area (Å²) in [5.74, 6) is 0. The second-order valence-electron chi connectivity index (χ2n) is 4.02. The van der Waals surface area contributed by atoms with Gasteiger partial charge in [0.2, 0.25) is 0 Å². The van der Waals surface area contributed by atoms with E-state index in [-0.39, 0.29) is 0 Å². The van der Waals surface area contributed by atoms with Crippen LogP contribution >= 0.6 is 15.9 Å². The molecule has 2 rings (SSSR count). The fraction of sp³-hybridized carbons (Fsp3) is 0.308. The zero-order valence-electron chi connectivity index (χ0n) is 9.68. The molecule has 0 aliphatic rings. The van der Waals surface area contributed by atoms with Crippen LogP contribution in [0.4, 0.5) is 0 Å². The smallest absolute Gasteiger partial charge is 0.0804 e. The standard InChI is InChI=1S/C13H15BrN2O/c1-16-10(8-9-15-16)6-7-13(17)11-4-2-3-5-12(11)14/h2-5,8-9,13,17H,6-7H2,1H3. The van der Waals surface area contributed by atoms with Crippen molar-refractivity contribution in [3.8, 4) is 0 Å². The Morgan fingerprint density at radius 3 is 2.76 bits per heavy atom. The Kier molecular flexibility index (Phi) is 3.97. The average Bonchev–Trinajstić information content (AvgIpc) is 2.72. The highest BCUT2D eigenvalue weighted by Gasteiger charge is 2.11. The molecule has 2 aromatic rings. The number of aryl methyl sites for hydroxylation is 2. The molecule has 0 radical (unpaired) electrons. The molecule has 3 nitrogen and oxygen atoms in total. The predicted molar refractivity (Wildman–Crippen MR) is 70.6 cm³/mol. The Balaban J connectivity index is 2.01. The van der Waals surface area contributed by atoms with Crippen LogP contribution in [-0.2, 0) is 13.5 Å². The molecule has 0 fully saturated rings. The molecular weight excluding hydrogens is 280 g/mol. The molecule has 1 N–H and O–H groups in total. The lowest BCUT2D eigenvalue weighted by atomic mass is 10.0. The molecule has 1 heterocycles. The van der Waals surface area contributed by atoms with E-state index in [1.807, 2.05) is 42.1 Å². The Bertz CT molecular complexity index is 496. The number of rotatable bonds is 4. The topological polar surface area (TPSA) is 38.0 Å². The van der Waals surface area contributed by atoms with E-state index in [1.165, 1.54) is 0 Å². The highest BCUT2D eigenvalue weighted by molar-refractivity contribution is 9.10. The minimum Gasteiger partial charge on any atom is -0.388 e. The molecule has 1 atom stereocenters. The number of aromatic nitrogens is 2. The molecule has 17 heavy (non-hydrogen) atoms. The van der Waals surface area contributed by atoms with E-state index in [4.69, 9.17) is 0 Å². The van der Waals surface area contributed by atoms with Crippen LogP contribution in [0.1, 0.15) is 23.8 Å². The molecule has 0 saturated carbocycles. The van der Waals surface area contributed by atoms with Crippen LogP contribution in [-0.4, -0.2) is 14.9 Å². The van der Waals surface area contributed by atoms with E-state index in [2.05, 4.69) is 21.0 Å². The number of nitrogens with zero attached hydrogens (tertiary/aromatic N) is 2. The molecule has 0 aliphatic carbocycles. The summed E-state index contributed by atoms with van der Waals surface area (Å²) in [6.45, 7) is 0. The van der Waals surface area contributed by atoms with Gasteiger partial charge >= 0.3 is 0 Å². The lowest BCUT2D eigenvalue weighted by Crippen LogP contribution is -2.04. The van der Waals surface area contributed by atoms with Gasteiger partial charge in [0.05, 0.1) is 6.10 Å². The van der Waals surface area contributed by atoms with Crippen LogP contribution in [0.25, 0.3) is 0 Å². The Morgan fingerprint density at radius 1 is 1.35 bits per heavy atom. The first-order chi connectivity index (χ1) is 8.18. The van der Waals surface area contributed by atoms with E-state index in [0.29, 0.717) is 6.42 Å². The first kappa shape index (κ1) is 12.3. The third-order valence-electron chi connectivity index (χ3n) is 2.86. The number of halogens is 1. The number of hydrogen-bond acceptors (Lipinski definition) is 2. The second kappa shape index (κ2) is 5.47. The number of benzene rings is 1. The van der Waals surface area contributed by atoms with Gasteiger partial charge in [0.25, 0.3) is 0 Å². The van der Waals surface area contributed by atoms with Crippen molar-refractivity contribution in [2.75, 3.05) is 0 Å². The summed E-state index contributed by atoms with van der Waals surface area (Å²) < 4.78 is 2.80. The van der Waals surface area contributed by atoms with Crippen LogP contribution in [0.5, 0.6) is 0 Å². The van der Waals surface area contributed by atoms with Gasteiger partial charge in [0.1, 0.15) is 0 Å². The molecule has 0 amide bonds. The normalized spacial score (nSPS) is 12.6. The highest BCUT2D eigenvalue weighted by atomic mass is 79.9. The van der Waals surface area contributed by atoms with Crippen LogP contribution in [0.2, 0.25) is 0 Å². The average molecular weight is 295 g/mol. The van der Waals surface area contributed by atoms with Gasteiger partial charge in [-0.05, 0) is 30.5 Å². The Labute approximate surface area is 109 Å². The molecule has 90 valence electrons. The van der Waals surface area contributed by atoms with Crippen molar-refractivity contribution >= 4 is 15.9 Å². The first-order valence-corrected chi connectivity index (χ1v) is 6.37. The maximum Gasteiger partial charge on any atom is 0.0804 e. The molecular formula is C13H15BrN2O. The zero-order valence-corrected chi connectivity index (χ0v) is 11.3. The summed E-state index contributed by atoms with van der Waals surface area (Å²) in [4.78, 5) is 0. The monoisotopic (exact) mass is 294 g/mol. The molecule has 4 heteroatoms. The SMILES string of the molecule is Cn1nccc1CCC(O)c1ccccc1Br. The lowest BCUT2D eigenvalue weighted by molar-refractivity contribution is 0.166. The fourth-order valence-electron chi connectivity index (χ4n) is 1.83. The van der Waals surface area contributed by atoms with Crippen LogP contribution in [0, 0.1) is 0 Å². The number of hydrogen-bond donors (Lipinski definition) is 1. The lowest BCUT2D eigenvalue weighted by Gasteiger charge is -2.12. The molecule has 1 aromatic heterocycles. The fourth-order valence-corrected chi connectivity index (χ4v) is 2.38. The van der Waals surface area contributed by atoms with Crippen molar-refractivity contribution in [2.45, 2.75) is 18.9 Å². The summed E-state index contributed by atoms with van der Waals surface area (Å²) in [6, 6.07) is 9.75. The molecule has 0 saturated heterocycles. The maximum absolute atomic E-state index is 10.1. The maximum atomic E-state index is 10.1. The van der Waals surface area contributed by atoms with Crippen molar-refractivity contribution in [3.63, 3.8) is 0 Å². The summed E-state index contributed by atoms with van der Waals surface area (Å²) in [7, 11) is 1.92. The predicted octanol–water partition coefficient (Wildman–Crippen LogP) is 2.85. The highest BCUT2D eigenvalue weighted by Crippen LogP contribution is 2.26. The molecule has 1 aromatic carbocycles. The van der Waals surface area contributed by atoms with Crippen LogP contribution in [0.15, 0.2) is 41.0 Å². The quantitative estimate of drug-likeness (QED) is 0.942. The summed E-state index contributed by atoms with van der Waals surface area (Å²) >= 11 is 3.45. The minimum absolute atomic E-state index is 0.444. The first-order valence-electron chi connectivity index (χ1n) is 5.58. The van der Waals surface area contributed by atoms with Crippen molar-refractivity contribution in [1.82, 2.24) is 9.78 Å². The van der Waals surface area contributed by atoms with Gasteiger partial charge in [-0.25, -0.2) is 0 Å². The molecule has 0 spiro atoms. The summed E-state index contributed by atoms with van der Waals surface area (Å²) in [5, 5.41) is 14.2. The second-order valence-corrected chi connectivity index (χ2v) is 4.88. The summed E-state index contributed by atoms with van der Waals surface area (Å²) in [5.41, 5.74) is 2.07. The Hall–Kier alpha value is -1.13. The van der Waals surface area contributed by atoms with Crippen LogP contribution in [0.3, 0.4) is 0 Å². The van der Waals surface area contributed by atoms with E-state index in [0.717, 1.165) is 22.2 Å². The van der Waals surface area contributed by atoms with Gasteiger partial charge < -0.3 is 5.11 Å². The molecule has 0 bridgehead atoms. The number of aliphatic hydroxyl groups is 1. The van der Waals surface area contributed by atoms with Gasteiger partial charge in [-0.2, -0.15) is 5.10 Å². The zero-order chi connectivity index (χ0) is 12.3. The number of aliphatic hydroxyl groups excluding tert-OH is 1. The van der Waals surface area contributed by atoms with Crippen molar-refractivity contribution in [1.29, 1.82) is 0 Å². The van der Waals surface area contributed by atoms with Gasteiger partial charge in [0.15, 0.2) is 0 Å². The molecule has 0 aliphatic heterocycles. The van der Waals surface area contributed by atoms with E-state index < -0.39 is 6.10 Å². The van der Waals surface area contributed by atoms with Gasteiger partial charge in [-0.3, -0.25) is 4.68 Å². The largest absolute Gasteiger partial charge is 0.388 e. The van der Waals surface area contributed by atoms with Crippen LogP contribution < -0.4 is 0 Å². The van der Waals surface area contributed by atoms with Gasteiger partial charge in [-0.15, -0.1) is 0 Å². The van der Waals surface area contributed by atoms with E-state index in [1.54, 1.807) is 6.20 Å². The van der Waals surface area contributed by atoms with Gasteiger partial charge in [-0.1, -0.05) is 34.1 Å². The summed E-state index contributed by atoms with van der Waals surface area (Å²) in [6.07, 6.45) is 2.85. The third kappa shape index (κ3) is 2.96. The van der Waals surface area contributed by atoms with Crippen molar-refractivity contribution in [3.05, 3.63) is 52.3 Å². The third-order valence-corrected chi connectivity index (χ3v) is 3.58. The van der Waals surface area contributed by atoms with E-state index in [9.17, 15) is 5.11 Å². The van der Waals surface area contributed by atoms with Gasteiger partial charge in [0, 0.05) is 23.4 Å². The van der Waals surface area contributed by atoms with Crippen molar-refractivity contribution < 1.29 is 5.11 Å².